The number of nitrogens with one attached hydrogen (secondary N) is 1. The van der Waals surface area contributed by atoms with Gasteiger partial charge in [-0.05, 0) is 60.5 Å². The van der Waals surface area contributed by atoms with Gasteiger partial charge in [-0.1, -0.05) is 59.9 Å². The van der Waals surface area contributed by atoms with Gasteiger partial charge in [0, 0.05) is 10.7 Å². The molecule has 0 aromatic heterocycles. The lowest BCUT2D eigenvalue weighted by atomic mass is 10.1. The molecule has 0 unspecified atom stereocenters. The predicted molar refractivity (Wildman–Crippen MR) is 133 cm³/mol. The van der Waals surface area contributed by atoms with Gasteiger partial charge in [0.25, 0.3) is 11.8 Å². The van der Waals surface area contributed by atoms with Crippen LogP contribution in [0.15, 0.2) is 77.5 Å². The molecule has 2 amide bonds. The monoisotopic (exact) mass is 514 g/mol. The standard InChI is InChI=1S/C25H17Cl3N2O4/c1-2-14-5-3-4-6-20(14)34-25(33)15-7-10-17(11-8-15)29-22-21(28)23(31)30(24(22)32)19-13-16(26)9-12-18(19)27/h3-13,29H,2H2,1H3. The fourth-order valence-electron chi connectivity index (χ4n) is 3.38. The van der Waals surface area contributed by atoms with Gasteiger partial charge in [-0.25, -0.2) is 9.69 Å². The number of anilines is 2. The number of hydrogen-bond acceptors (Lipinski definition) is 5. The van der Waals surface area contributed by atoms with Crippen molar-refractivity contribution in [2.45, 2.75) is 13.3 Å². The summed E-state index contributed by atoms with van der Waals surface area (Å²) < 4.78 is 5.51. The number of hydrogen-bond donors (Lipinski definition) is 1. The highest BCUT2D eigenvalue weighted by molar-refractivity contribution is 6.54. The van der Waals surface area contributed by atoms with E-state index in [4.69, 9.17) is 39.5 Å². The van der Waals surface area contributed by atoms with Crippen LogP contribution in [0.2, 0.25) is 10.0 Å². The summed E-state index contributed by atoms with van der Waals surface area (Å²) in [5.41, 5.74) is 1.69. The maximum atomic E-state index is 13.0. The number of ether oxygens (including phenoxy) is 1. The molecular formula is C25H17Cl3N2O4. The SMILES string of the molecule is CCc1ccccc1OC(=O)c1ccc(NC2=C(Cl)C(=O)N(c3cc(Cl)ccc3Cl)C2=O)cc1. The molecule has 9 heteroatoms. The molecule has 0 atom stereocenters. The molecule has 172 valence electrons. The number of rotatable bonds is 6. The van der Waals surface area contributed by atoms with Crippen LogP contribution >= 0.6 is 34.8 Å². The van der Waals surface area contributed by atoms with Crippen LogP contribution in [-0.2, 0) is 16.0 Å². The molecule has 34 heavy (non-hydrogen) atoms. The molecular weight excluding hydrogens is 499 g/mol. The Morgan fingerprint density at radius 3 is 2.35 bits per heavy atom. The molecule has 1 aliphatic rings. The Bertz CT molecular complexity index is 1340. The average Bonchev–Trinajstić information content (AvgIpc) is 3.04. The Balaban J connectivity index is 1.51. The normalized spacial score (nSPS) is 13.5. The zero-order valence-corrected chi connectivity index (χ0v) is 20.0. The number of para-hydroxylation sites is 1. The van der Waals surface area contributed by atoms with Gasteiger partial charge in [-0.2, -0.15) is 0 Å². The van der Waals surface area contributed by atoms with Crippen molar-refractivity contribution in [1.82, 2.24) is 0 Å². The largest absolute Gasteiger partial charge is 0.423 e. The van der Waals surface area contributed by atoms with Gasteiger partial charge in [-0.3, -0.25) is 9.59 Å². The van der Waals surface area contributed by atoms with Crippen molar-refractivity contribution in [3.63, 3.8) is 0 Å². The second kappa shape index (κ2) is 9.89. The molecule has 0 aliphatic carbocycles. The maximum absolute atomic E-state index is 13.0. The number of nitrogens with zero attached hydrogens (tertiary/aromatic N) is 1. The minimum Gasteiger partial charge on any atom is -0.423 e. The first kappa shape index (κ1) is 23.8. The van der Waals surface area contributed by atoms with E-state index in [0.29, 0.717) is 22.0 Å². The predicted octanol–water partition coefficient (Wildman–Crippen LogP) is 6.21. The number of carbonyl (C=O) groups is 3. The molecule has 0 spiro atoms. The first-order valence-electron chi connectivity index (χ1n) is 10.2. The first-order valence-corrected chi connectivity index (χ1v) is 11.3. The van der Waals surface area contributed by atoms with Crippen LogP contribution < -0.4 is 15.0 Å². The third kappa shape index (κ3) is 4.66. The van der Waals surface area contributed by atoms with Crippen LogP contribution in [0.25, 0.3) is 0 Å². The van der Waals surface area contributed by atoms with Crippen molar-refractivity contribution in [1.29, 1.82) is 0 Å². The van der Waals surface area contributed by atoms with E-state index in [2.05, 4.69) is 5.32 Å². The molecule has 1 aliphatic heterocycles. The van der Waals surface area contributed by atoms with Gasteiger partial charge in [-0.15, -0.1) is 0 Å². The van der Waals surface area contributed by atoms with Gasteiger partial charge in [0.15, 0.2) is 0 Å². The molecule has 6 nitrogen and oxygen atoms in total. The molecule has 1 heterocycles. The lowest BCUT2D eigenvalue weighted by Crippen LogP contribution is -2.32. The van der Waals surface area contributed by atoms with E-state index in [0.717, 1.165) is 16.9 Å². The first-order chi connectivity index (χ1) is 16.3. The second-order valence-corrected chi connectivity index (χ2v) is 8.51. The van der Waals surface area contributed by atoms with Gasteiger partial charge >= 0.3 is 5.97 Å². The smallest absolute Gasteiger partial charge is 0.343 e. The summed E-state index contributed by atoms with van der Waals surface area (Å²) in [6.07, 6.45) is 0.729. The summed E-state index contributed by atoms with van der Waals surface area (Å²) in [6, 6.07) is 18.0. The number of esters is 1. The number of imide groups is 1. The third-order valence-electron chi connectivity index (χ3n) is 5.12. The quantitative estimate of drug-likeness (QED) is 0.240. The second-order valence-electron chi connectivity index (χ2n) is 7.28. The van der Waals surface area contributed by atoms with Crippen LogP contribution in [0, 0.1) is 0 Å². The number of halogens is 3. The van der Waals surface area contributed by atoms with E-state index in [-0.39, 0.29) is 21.4 Å². The minimum atomic E-state index is -0.729. The fourth-order valence-corrected chi connectivity index (χ4v) is 3.96. The Morgan fingerprint density at radius 2 is 1.65 bits per heavy atom. The summed E-state index contributed by atoms with van der Waals surface area (Å²) in [6.45, 7) is 1.98. The Labute approximate surface area is 210 Å². The van der Waals surface area contributed by atoms with Crippen LogP contribution in [0.1, 0.15) is 22.8 Å². The minimum absolute atomic E-state index is 0.116. The highest BCUT2D eigenvalue weighted by Crippen LogP contribution is 2.35. The van der Waals surface area contributed by atoms with E-state index >= 15 is 0 Å². The molecule has 0 bridgehead atoms. The van der Waals surface area contributed by atoms with Crippen molar-refractivity contribution in [3.05, 3.63) is 98.6 Å². The molecule has 3 aromatic carbocycles. The summed E-state index contributed by atoms with van der Waals surface area (Å²) in [5, 5.41) is 3.03. The number of benzene rings is 3. The summed E-state index contributed by atoms with van der Waals surface area (Å²) in [4.78, 5) is 39.0. The zero-order valence-electron chi connectivity index (χ0n) is 17.8. The molecule has 0 saturated heterocycles. The Kier molecular flexibility index (Phi) is 6.93. The van der Waals surface area contributed by atoms with E-state index in [1.54, 1.807) is 42.5 Å². The van der Waals surface area contributed by atoms with Gasteiger partial charge in [0.1, 0.15) is 16.5 Å². The number of amides is 2. The Hall–Kier alpha value is -3.32. The lowest BCUT2D eigenvalue weighted by molar-refractivity contribution is -0.120. The van der Waals surface area contributed by atoms with Crippen molar-refractivity contribution < 1.29 is 19.1 Å². The Morgan fingerprint density at radius 1 is 0.941 bits per heavy atom. The molecule has 3 aromatic rings. The highest BCUT2D eigenvalue weighted by Gasteiger charge is 2.40. The summed E-state index contributed by atoms with van der Waals surface area (Å²) in [5.74, 6) is -1.42. The van der Waals surface area contributed by atoms with Crippen molar-refractivity contribution >= 4 is 64.0 Å². The van der Waals surface area contributed by atoms with Crippen molar-refractivity contribution in [3.8, 4) is 5.75 Å². The van der Waals surface area contributed by atoms with Crippen LogP contribution in [-0.4, -0.2) is 17.8 Å². The molecule has 0 saturated carbocycles. The van der Waals surface area contributed by atoms with Crippen LogP contribution in [0.5, 0.6) is 5.75 Å². The van der Waals surface area contributed by atoms with Gasteiger partial charge in [0.2, 0.25) is 0 Å². The van der Waals surface area contributed by atoms with Crippen LogP contribution in [0.4, 0.5) is 11.4 Å². The van der Waals surface area contributed by atoms with Gasteiger partial charge in [0.05, 0.1) is 16.3 Å². The van der Waals surface area contributed by atoms with E-state index in [9.17, 15) is 14.4 Å². The molecule has 0 fully saturated rings. The molecule has 4 rings (SSSR count). The zero-order chi connectivity index (χ0) is 24.4. The van der Waals surface area contributed by atoms with Gasteiger partial charge < -0.3 is 10.1 Å². The lowest BCUT2D eigenvalue weighted by Gasteiger charge is -2.17. The summed E-state index contributed by atoms with van der Waals surface area (Å²) in [7, 11) is 0. The maximum Gasteiger partial charge on any atom is 0.343 e. The number of carbonyl (C=O) groups excluding carboxylic acids is 3. The van der Waals surface area contributed by atoms with Crippen LogP contribution in [0.3, 0.4) is 0 Å². The highest BCUT2D eigenvalue weighted by atomic mass is 35.5. The van der Waals surface area contributed by atoms with E-state index < -0.39 is 17.8 Å². The van der Waals surface area contributed by atoms with Crippen molar-refractivity contribution in [2.75, 3.05) is 10.2 Å². The van der Waals surface area contributed by atoms with Crippen molar-refractivity contribution in [2.24, 2.45) is 0 Å². The van der Waals surface area contributed by atoms with E-state index in [1.165, 1.54) is 12.1 Å². The fraction of sp³-hybridized carbons (Fsp3) is 0.0800. The summed E-state index contributed by atoms with van der Waals surface area (Å²) >= 11 is 18.3. The number of aryl methyl sites for hydroxylation is 1. The van der Waals surface area contributed by atoms with E-state index in [1.807, 2.05) is 19.1 Å². The topological polar surface area (TPSA) is 75.7 Å². The molecule has 1 N–H and O–H groups in total. The average molecular weight is 516 g/mol. The third-order valence-corrected chi connectivity index (χ3v) is 6.03. The molecule has 0 radical (unpaired) electrons.